The topological polar surface area (TPSA) is 18.5 Å². The fraction of sp³-hybridized carbons (Fsp3) is 0.200. The number of hydrogen-bond donors (Lipinski definition) is 0. The summed E-state index contributed by atoms with van der Waals surface area (Å²) in [6.45, 7) is 1.25. The first kappa shape index (κ1) is 7.22. The van der Waals surface area contributed by atoms with Crippen molar-refractivity contribution < 1.29 is 9.47 Å². The van der Waals surface area contributed by atoms with Crippen LogP contribution in [0, 0.1) is 0 Å². The maximum atomic E-state index is 5.42. The molecule has 0 amide bonds. The molecule has 0 unspecified atom stereocenters. The molecule has 1 heterocycles. The van der Waals surface area contributed by atoms with Crippen molar-refractivity contribution in [1.29, 1.82) is 0 Å². The molecule has 2 nitrogen and oxygen atoms in total. The molecule has 62 valence electrons. The van der Waals surface area contributed by atoms with E-state index in [0.717, 1.165) is 11.5 Å². The average molecular weight is 162 g/mol. The molecule has 0 bridgehead atoms. The normalized spacial score (nSPS) is 15.0. The molecule has 12 heavy (non-hydrogen) atoms. The predicted octanol–water partition coefficient (Wildman–Crippen LogP) is 2.01. The van der Waals surface area contributed by atoms with Crippen molar-refractivity contribution in [3.05, 3.63) is 36.4 Å². The molecule has 1 aromatic rings. The Labute approximate surface area is 71.4 Å². The molecule has 1 aromatic carbocycles. The van der Waals surface area contributed by atoms with Gasteiger partial charge in [-0.25, -0.2) is 0 Å². The molecule has 0 aliphatic carbocycles. The molecule has 2 rings (SSSR count). The molecule has 0 spiro atoms. The van der Waals surface area contributed by atoms with Gasteiger partial charge in [-0.1, -0.05) is 12.1 Å². The van der Waals surface area contributed by atoms with Gasteiger partial charge in [0, 0.05) is 0 Å². The van der Waals surface area contributed by atoms with Crippen molar-refractivity contribution in [3.63, 3.8) is 0 Å². The van der Waals surface area contributed by atoms with Crippen LogP contribution in [0.3, 0.4) is 0 Å². The van der Waals surface area contributed by atoms with Crippen LogP contribution in [0.15, 0.2) is 36.4 Å². The molecule has 0 saturated carbocycles. The van der Waals surface area contributed by atoms with Gasteiger partial charge in [0.2, 0.25) is 0 Å². The summed E-state index contributed by atoms with van der Waals surface area (Å²) in [7, 11) is 0. The highest BCUT2D eigenvalue weighted by molar-refractivity contribution is 5.39. The monoisotopic (exact) mass is 162 g/mol. The SMILES string of the molecule is C1=CCOc2ccccc2OC1. The number of ether oxygens (including phenoxy) is 2. The standard InChI is InChI=1S/C10H10O2/c1-2-6-10-9(5-1)11-7-3-4-8-12-10/h1-6H,7-8H2. The third kappa shape index (κ3) is 1.42. The Morgan fingerprint density at radius 3 is 1.83 bits per heavy atom. The molecule has 0 radical (unpaired) electrons. The van der Waals surface area contributed by atoms with Crippen molar-refractivity contribution in [2.45, 2.75) is 0 Å². The third-order valence-electron chi connectivity index (χ3n) is 1.69. The summed E-state index contributed by atoms with van der Waals surface area (Å²) in [6, 6.07) is 7.70. The first-order valence-corrected chi connectivity index (χ1v) is 3.96. The first-order valence-electron chi connectivity index (χ1n) is 3.96. The lowest BCUT2D eigenvalue weighted by Gasteiger charge is -2.12. The minimum absolute atomic E-state index is 0.625. The van der Waals surface area contributed by atoms with Gasteiger partial charge >= 0.3 is 0 Å². The van der Waals surface area contributed by atoms with Gasteiger partial charge in [-0.3, -0.25) is 0 Å². The van der Waals surface area contributed by atoms with Gasteiger partial charge in [0.15, 0.2) is 11.5 Å². The van der Waals surface area contributed by atoms with E-state index in [1.807, 2.05) is 36.4 Å². The molecule has 0 N–H and O–H groups in total. The molecule has 1 aliphatic rings. The van der Waals surface area contributed by atoms with Gasteiger partial charge in [0.25, 0.3) is 0 Å². The number of fused-ring (bicyclic) bond motifs is 1. The maximum absolute atomic E-state index is 5.42. The summed E-state index contributed by atoms with van der Waals surface area (Å²) in [4.78, 5) is 0. The van der Waals surface area contributed by atoms with Crippen LogP contribution in [0.2, 0.25) is 0 Å². The summed E-state index contributed by atoms with van der Waals surface area (Å²) in [6.07, 6.45) is 3.91. The summed E-state index contributed by atoms with van der Waals surface area (Å²) >= 11 is 0. The molecular formula is C10H10O2. The molecule has 0 saturated heterocycles. The van der Waals surface area contributed by atoms with Gasteiger partial charge in [-0.2, -0.15) is 0 Å². The number of para-hydroxylation sites is 2. The van der Waals surface area contributed by atoms with E-state index in [1.165, 1.54) is 0 Å². The fourth-order valence-corrected chi connectivity index (χ4v) is 1.10. The molecule has 0 aromatic heterocycles. The van der Waals surface area contributed by atoms with Crippen LogP contribution in [-0.4, -0.2) is 13.2 Å². The summed E-state index contributed by atoms with van der Waals surface area (Å²) in [5.41, 5.74) is 0. The zero-order chi connectivity index (χ0) is 8.23. The molecule has 2 heteroatoms. The van der Waals surface area contributed by atoms with E-state index in [2.05, 4.69) is 0 Å². The third-order valence-corrected chi connectivity index (χ3v) is 1.69. The second-order valence-electron chi connectivity index (χ2n) is 2.54. The zero-order valence-electron chi connectivity index (χ0n) is 6.69. The average Bonchev–Trinajstić information content (AvgIpc) is 2.06. The van der Waals surface area contributed by atoms with Crippen molar-refractivity contribution in [3.8, 4) is 11.5 Å². The van der Waals surface area contributed by atoms with Crippen molar-refractivity contribution in [2.75, 3.05) is 13.2 Å². The Morgan fingerprint density at radius 2 is 1.33 bits per heavy atom. The van der Waals surface area contributed by atoms with E-state index in [9.17, 15) is 0 Å². The smallest absolute Gasteiger partial charge is 0.161 e. The van der Waals surface area contributed by atoms with Gasteiger partial charge in [-0.15, -0.1) is 0 Å². The van der Waals surface area contributed by atoms with Crippen LogP contribution < -0.4 is 9.47 Å². The van der Waals surface area contributed by atoms with Crippen LogP contribution in [0.25, 0.3) is 0 Å². The lowest BCUT2D eigenvalue weighted by Crippen LogP contribution is -2.03. The van der Waals surface area contributed by atoms with Gasteiger partial charge in [0.05, 0.1) is 0 Å². The van der Waals surface area contributed by atoms with Crippen LogP contribution >= 0.6 is 0 Å². The lowest BCUT2D eigenvalue weighted by atomic mass is 10.3. The number of rotatable bonds is 0. The van der Waals surface area contributed by atoms with E-state index in [4.69, 9.17) is 9.47 Å². The van der Waals surface area contributed by atoms with E-state index < -0.39 is 0 Å². The van der Waals surface area contributed by atoms with E-state index in [1.54, 1.807) is 0 Å². The Balaban J connectivity index is 2.29. The highest BCUT2D eigenvalue weighted by Gasteiger charge is 2.03. The minimum atomic E-state index is 0.625. The Morgan fingerprint density at radius 1 is 0.833 bits per heavy atom. The summed E-state index contributed by atoms with van der Waals surface area (Å²) in [5, 5.41) is 0. The van der Waals surface area contributed by atoms with E-state index >= 15 is 0 Å². The largest absolute Gasteiger partial charge is 0.486 e. The second kappa shape index (κ2) is 3.30. The molecular weight excluding hydrogens is 152 g/mol. The van der Waals surface area contributed by atoms with Gasteiger partial charge in [-0.05, 0) is 24.3 Å². The van der Waals surface area contributed by atoms with Crippen LogP contribution in [0.5, 0.6) is 11.5 Å². The maximum Gasteiger partial charge on any atom is 0.161 e. The highest BCUT2D eigenvalue weighted by atomic mass is 16.5. The Bertz CT molecular complexity index is 263. The Kier molecular flexibility index (Phi) is 1.99. The summed E-state index contributed by atoms with van der Waals surface area (Å²) < 4.78 is 10.8. The predicted molar refractivity (Wildman–Crippen MR) is 46.6 cm³/mol. The zero-order valence-corrected chi connectivity index (χ0v) is 6.69. The van der Waals surface area contributed by atoms with Gasteiger partial charge in [0.1, 0.15) is 13.2 Å². The van der Waals surface area contributed by atoms with E-state index in [-0.39, 0.29) is 0 Å². The number of benzene rings is 1. The lowest BCUT2D eigenvalue weighted by molar-refractivity contribution is 0.297. The Hall–Kier alpha value is -1.44. The van der Waals surface area contributed by atoms with Crippen LogP contribution in [0.4, 0.5) is 0 Å². The van der Waals surface area contributed by atoms with Crippen molar-refractivity contribution in [2.24, 2.45) is 0 Å². The molecule has 0 atom stereocenters. The van der Waals surface area contributed by atoms with E-state index in [0.29, 0.717) is 13.2 Å². The minimum Gasteiger partial charge on any atom is -0.486 e. The van der Waals surface area contributed by atoms with Crippen LogP contribution in [0.1, 0.15) is 0 Å². The van der Waals surface area contributed by atoms with Crippen molar-refractivity contribution in [1.82, 2.24) is 0 Å². The fourth-order valence-electron chi connectivity index (χ4n) is 1.10. The number of hydrogen-bond acceptors (Lipinski definition) is 2. The first-order chi connectivity index (χ1) is 5.97. The summed E-state index contributed by atoms with van der Waals surface area (Å²) in [5.74, 6) is 1.64. The van der Waals surface area contributed by atoms with Crippen molar-refractivity contribution >= 4 is 0 Å². The highest BCUT2D eigenvalue weighted by Crippen LogP contribution is 2.26. The van der Waals surface area contributed by atoms with Crippen LogP contribution in [-0.2, 0) is 0 Å². The van der Waals surface area contributed by atoms with Gasteiger partial charge < -0.3 is 9.47 Å². The molecule has 1 aliphatic heterocycles. The quantitative estimate of drug-likeness (QED) is 0.543. The molecule has 0 fully saturated rings. The second-order valence-corrected chi connectivity index (χ2v) is 2.54.